The van der Waals surface area contributed by atoms with Crippen molar-refractivity contribution in [3.63, 3.8) is 0 Å². The molecule has 0 aliphatic carbocycles. The Kier molecular flexibility index (Phi) is 6.75. The minimum atomic E-state index is -4.36. The number of rotatable bonds is 5. The molecule has 0 radical (unpaired) electrons. The van der Waals surface area contributed by atoms with Gasteiger partial charge in [0.15, 0.2) is 0 Å². The molecule has 6 heteroatoms. The summed E-state index contributed by atoms with van der Waals surface area (Å²) in [6, 6.07) is 22.1. The third kappa shape index (κ3) is 5.59. The highest BCUT2D eigenvalue weighted by Crippen LogP contribution is 2.30. The summed E-state index contributed by atoms with van der Waals surface area (Å²) in [6.07, 6.45) is -2.56. The minimum absolute atomic E-state index is 0.583. The van der Waals surface area contributed by atoms with Gasteiger partial charge in [-0.3, -0.25) is 0 Å². The molecule has 3 aromatic carbocycles. The number of aliphatic imine (C=N–C) groups is 1. The molecule has 0 N–H and O–H groups in total. The molecule has 0 amide bonds. The maximum atomic E-state index is 12.8. The van der Waals surface area contributed by atoms with E-state index in [2.05, 4.69) is 20.9 Å². The Morgan fingerprint density at radius 1 is 0.857 bits per heavy atom. The van der Waals surface area contributed by atoms with Crippen LogP contribution in [-0.4, -0.2) is 5.71 Å². The van der Waals surface area contributed by atoms with Crippen molar-refractivity contribution >= 4 is 39.1 Å². The molecule has 3 aromatic rings. The number of thioether (sulfide) groups is 1. The fraction of sp³-hybridized carbons (Fsp3) is 0.0455. The van der Waals surface area contributed by atoms with E-state index in [9.17, 15) is 13.2 Å². The molecule has 0 spiro atoms. The van der Waals surface area contributed by atoms with Crippen molar-refractivity contribution < 1.29 is 13.2 Å². The van der Waals surface area contributed by atoms with Crippen LogP contribution in [-0.2, 0) is 6.18 Å². The first-order valence-electron chi connectivity index (χ1n) is 8.32. The molecule has 28 heavy (non-hydrogen) atoms. The summed E-state index contributed by atoms with van der Waals surface area (Å²) in [4.78, 5) is 5.63. The van der Waals surface area contributed by atoms with Crippen molar-refractivity contribution in [1.29, 1.82) is 0 Å². The number of halogens is 4. The third-order valence-corrected chi connectivity index (χ3v) is 5.61. The van der Waals surface area contributed by atoms with Crippen molar-refractivity contribution in [2.45, 2.75) is 11.1 Å². The zero-order chi connectivity index (χ0) is 20.0. The molecule has 0 fully saturated rings. The first-order valence-corrected chi connectivity index (χ1v) is 10.00. The average molecular weight is 462 g/mol. The molecule has 3 rings (SSSR count). The SMILES string of the molecule is FC(F)(F)c1ccc(C(C=CSc2ccccc2Br)=Nc2ccccc2)cc1. The smallest absolute Gasteiger partial charge is 0.248 e. The summed E-state index contributed by atoms with van der Waals surface area (Å²) in [6.45, 7) is 0. The largest absolute Gasteiger partial charge is 0.416 e. The highest BCUT2D eigenvalue weighted by Gasteiger charge is 2.30. The number of para-hydroxylation sites is 1. The van der Waals surface area contributed by atoms with Crippen molar-refractivity contribution in [3.8, 4) is 0 Å². The van der Waals surface area contributed by atoms with Crippen molar-refractivity contribution in [2.24, 2.45) is 4.99 Å². The van der Waals surface area contributed by atoms with Crippen LogP contribution >= 0.6 is 27.7 Å². The van der Waals surface area contributed by atoms with Gasteiger partial charge >= 0.3 is 6.18 Å². The quantitative estimate of drug-likeness (QED) is 0.277. The lowest BCUT2D eigenvalue weighted by Gasteiger charge is -2.08. The second-order valence-electron chi connectivity index (χ2n) is 5.76. The lowest BCUT2D eigenvalue weighted by Crippen LogP contribution is -2.05. The molecule has 0 atom stereocenters. The molecular weight excluding hydrogens is 447 g/mol. The Morgan fingerprint density at radius 2 is 1.50 bits per heavy atom. The molecular formula is C22H15BrF3NS. The Bertz CT molecular complexity index is 981. The monoisotopic (exact) mass is 461 g/mol. The zero-order valence-electron chi connectivity index (χ0n) is 14.5. The summed E-state index contributed by atoms with van der Waals surface area (Å²) in [7, 11) is 0. The Morgan fingerprint density at radius 3 is 2.14 bits per heavy atom. The topological polar surface area (TPSA) is 12.4 Å². The van der Waals surface area contributed by atoms with Gasteiger partial charge in [0, 0.05) is 14.9 Å². The van der Waals surface area contributed by atoms with Crippen molar-refractivity contribution in [1.82, 2.24) is 0 Å². The average Bonchev–Trinajstić information content (AvgIpc) is 2.69. The molecule has 142 valence electrons. The van der Waals surface area contributed by atoms with E-state index in [0.29, 0.717) is 11.3 Å². The standard InChI is InChI=1S/C22H15BrF3NS/c23-19-8-4-5-9-21(19)28-15-14-20(27-18-6-2-1-3-7-18)16-10-12-17(13-11-16)22(24,25)26/h1-15H. The van der Waals surface area contributed by atoms with E-state index in [1.54, 1.807) is 6.08 Å². The molecule has 0 aliphatic rings. The number of benzene rings is 3. The summed E-state index contributed by atoms with van der Waals surface area (Å²) in [5.41, 5.74) is 1.25. The maximum Gasteiger partial charge on any atom is 0.416 e. The summed E-state index contributed by atoms with van der Waals surface area (Å²) >= 11 is 5.00. The first kappa shape index (κ1) is 20.4. The molecule has 1 nitrogen and oxygen atoms in total. The van der Waals surface area contributed by atoms with Gasteiger partial charge in [0.2, 0.25) is 0 Å². The van der Waals surface area contributed by atoms with Gasteiger partial charge in [-0.25, -0.2) is 4.99 Å². The number of hydrogen-bond donors (Lipinski definition) is 0. The molecule has 0 unspecified atom stereocenters. The highest BCUT2D eigenvalue weighted by atomic mass is 79.9. The van der Waals surface area contributed by atoms with Gasteiger partial charge in [0.05, 0.1) is 17.0 Å². The third-order valence-electron chi connectivity index (χ3n) is 3.77. The van der Waals surface area contributed by atoms with Crippen LogP contribution in [0.2, 0.25) is 0 Å². The maximum absolute atomic E-state index is 12.8. The summed E-state index contributed by atoms with van der Waals surface area (Å²) < 4.78 is 39.5. The van der Waals surface area contributed by atoms with Gasteiger partial charge in [0.1, 0.15) is 0 Å². The van der Waals surface area contributed by atoms with Gasteiger partial charge in [0.25, 0.3) is 0 Å². The summed E-state index contributed by atoms with van der Waals surface area (Å²) in [5.74, 6) is 0. The highest BCUT2D eigenvalue weighted by molar-refractivity contribution is 9.10. The van der Waals surface area contributed by atoms with Gasteiger partial charge in [-0.05, 0) is 63.8 Å². The second kappa shape index (κ2) is 9.26. The first-order chi connectivity index (χ1) is 13.4. The van der Waals surface area contributed by atoms with Crippen LogP contribution in [0.4, 0.5) is 18.9 Å². The van der Waals surface area contributed by atoms with E-state index in [1.807, 2.05) is 60.0 Å². The Hall–Kier alpha value is -2.31. The molecule has 0 heterocycles. The van der Waals surface area contributed by atoms with Crippen LogP contribution in [0.1, 0.15) is 11.1 Å². The molecule has 0 aliphatic heterocycles. The Balaban J connectivity index is 1.90. The predicted molar refractivity (Wildman–Crippen MR) is 113 cm³/mol. The predicted octanol–water partition coefficient (Wildman–Crippen LogP) is 7.89. The fourth-order valence-electron chi connectivity index (χ4n) is 2.38. The second-order valence-corrected chi connectivity index (χ2v) is 7.56. The molecule has 0 saturated heterocycles. The number of nitrogens with zero attached hydrogens (tertiary/aromatic N) is 1. The number of alkyl halides is 3. The van der Waals surface area contributed by atoms with E-state index >= 15 is 0 Å². The van der Waals surface area contributed by atoms with Gasteiger partial charge in [-0.15, -0.1) is 0 Å². The zero-order valence-corrected chi connectivity index (χ0v) is 16.9. The van der Waals surface area contributed by atoms with Gasteiger partial charge in [-0.2, -0.15) is 13.2 Å². The van der Waals surface area contributed by atoms with Crippen LogP contribution in [0.25, 0.3) is 0 Å². The fourth-order valence-corrected chi connectivity index (χ4v) is 3.63. The number of hydrogen-bond acceptors (Lipinski definition) is 2. The van der Waals surface area contributed by atoms with E-state index in [1.165, 1.54) is 23.9 Å². The van der Waals surface area contributed by atoms with Crippen LogP contribution < -0.4 is 0 Å². The van der Waals surface area contributed by atoms with E-state index < -0.39 is 11.7 Å². The van der Waals surface area contributed by atoms with Crippen LogP contribution in [0.3, 0.4) is 0 Å². The van der Waals surface area contributed by atoms with Crippen molar-refractivity contribution in [2.75, 3.05) is 0 Å². The Labute approximate surface area is 174 Å². The number of allylic oxidation sites excluding steroid dienone is 1. The van der Waals surface area contributed by atoms with Gasteiger partial charge < -0.3 is 0 Å². The van der Waals surface area contributed by atoms with Crippen LogP contribution in [0.5, 0.6) is 0 Å². The summed E-state index contributed by atoms with van der Waals surface area (Å²) in [5, 5.41) is 1.87. The van der Waals surface area contributed by atoms with Gasteiger partial charge in [-0.1, -0.05) is 54.2 Å². The molecule has 0 saturated carbocycles. The van der Waals surface area contributed by atoms with E-state index in [-0.39, 0.29) is 0 Å². The van der Waals surface area contributed by atoms with Crippen LogP contribution in [0, 0.1) is 0 Å². The lowest BCUT2D eigenvalue weighted by molar-refractivity contribution is -0.137. The van der Waals surface area contributed by atoms with Crippen LogP contribution in [0.15, 0.2) is 105 Å². The molecule has 0 aromatic heterocycles. The van der Waals surface area contributed by atoms with E-state index in [4.69, 9.17) is 0 Å². The van der Waals surface area contributed by atoms with Crippen molar-refractivity contribution in [3.05, 3.63) is 106 Å². The van der Waals surface area contributed by atoms with E-state index in [0.717, 1.165) is 27.2 Å². The lowest BCUT2D eigenvalue weighted by atomic mass is 10.1. The normalized spacial score (nSPS) is 12.5. The minimum Gasteiger partial charge on any atom is -0.248 e. The molecule has 0 bridgehead atoms.